The lowest BCUT2D eigenvalue weighted by atomic mass is 10.0. The number of piperidine rings is 1. The maximum atomic E-state index is 11.9. The van der Waals surface area contributed by atoms with Gasteiger partial charge in [-0.2, -0.15) is 0 Å². The van der Waals surface area contributed by atoms with E-state index in [-0.39, 0.29) is 17.5 Å². The number of rotatable bonds is 2. The summed E-state index contributed by atoms with van der Waals surface area (Å²) in [6, 6.07) is 2.97. The third kappa shape index (κ3) is 2.94. The lowest BCUT2D eigenvalue weighted by Gasteiger charge is -2.22. The number of nitrogens with one attached hydrogen (secondary N) is 2. The number of aromatic nitrogens is 1. The number of pyridine rings is 1. The zero-order chi connectivity index (χ0) is 12.3. The molecule has 0 radical (unpaired) electrons. The first-order valence-corrected chi connectivity index (χ1v) is 5.88. The van der Waals surface area contributed by atoms with Crippen LogP contribution in [0.4, 0.5) is 5.69 Å². The van der Waals surface area contributed by atoms with E-state index >= 15 is 0 Å². The third-order valence-corrected chi connectivity index (χ3v) is 2.98. The summed E-state index contributed by atoms with van der Waals surface area (Å²) in [4.78, 5) is 23.1. The van der Waals surface area contributed by atoms with E-state index in [9.17, 15) is 9.59 Å². The molecule has 2 N–H and O–H groups in total. The summed E-state index contributed by atoms with van der Waals surface area (Å²) in [5, 5.41) is 6.00. The van der Waals surface area contributed by atoms with E-state index in [0.29, 0.717) is 5.69 Å². The van der Waals surface area contributed by atoms with Gasteiger partial charge < -0.3 is 15.2 Å². The molecule has 0 saturated carbocycles. The molecule has 0 aliphatic carbocycles. The highest BCUT2D eigenvalue weighted by Crippen LogP contribution is 2.10. The van der Waals surface area contributed by atoms with E-state index in [1.165, 1.54) is 10.6 Å². The zero-order valence-corrected chi connectivity index (χ0v) is 9.90. The van der Waals surface area contributed by atoms with Gasteiger partial charge in [0.05, 0.1) is 11.7 Å². The van der Waals surface area contributed by atoms with Crippen molar-refractivity contribution in [1.29, 1.82) is 0 Å². The van der Waals surface area contributed by atoms with Gasteiger partial charge in [0.25, 0.3) is 0 Å². The molecule has 0 aromatic carbocycles. The summed E-state index contributed by atoms with van der Waals surface area (Å²) in [5.74, 6) is -0.0247. The number of aryl methyl sites for hydroxylation is 1. The van der Waals surface area contributed by atoms with E-state index in [4.69, 9.17) is 0 Å². The van der Waals surface area contributed by atoms with Gasteiger partial charge in [-0.3, -0.25) is 9.59 Å². The van der Waals surface area contributed by atoms with Crippen molar-refractivity contribution in [2.24, 2.45) is 7.05 Å². The number of hydrogen-bond acceptors (Lipinski definition) is 3. The van der Waals surface area contributed by atoms with Crippen LogP contribution < -0.4 is 16.2 Å². The number of amides is 1. The molecule has 1 aromatic rings. The Kier molecular flexibility index (Phi) is 3.58. The van der Waals surface area contributed by atoms with Crippen LogP contribution in [0.5, 0.6) is 0 Å². The normalized spacial score (nSPS) is 19.9. The smallest absolute Gasteiger partial charge is 0.250 e. The van der Waals surface area contributed by atoms with Gasteiger partial charge in [0.2, 0.25) is 11.5 Å². The second-order valence-corrected chi connectivity index (χ2v) is 4.36. The minimum Gasteiger partial charge on any atom is -0.323 e. The van der Waals surface area contributed by atoms with Gasteiger partial charge in [-0.1, -0.05) is 6.42 Å². The molecule has 2 heterocycles. The first kappa shape index (κ1) is 11.9. The Hall–Kier alpha value is -1.62. The van der Waals surface area contributed by atoms with Crippen LogP contribution in [0.2, 0.25) is 0 Å². The molecule has 1 saturated heterocycles. The van der Waals surface area contributed by atoms with Gasteiger partial charge >= 0.3 is 0 Å². The minimum atomic E-state index is -0.110. The molecule has 92 valence electrons. The first-order chi connectivity index (χ1) is 8.16. The molecule has 1 aromatic heterocycles. The van der Waals surface area contributed by atoms with Crippen LogP contribution >= 0.6 is 0 Å². The van der Waals surface area contributed by atoms with Crippen molar-refractivity contribution in [3.8, 4) is 0 Å². The summed E-state index contributed by atoms with van der Waals surface area (Å²) < 4.78 is 1.45. The standard InChI is InChI=1S/C12H17N3O2/c1-15-8-9(5-6-11(15)16)14-12(17)10-4-2-3-7-13-10/h5-6,8,10,13H,2-4,7H2,1H3,(H,14,17)/t10-/m1/s1. The summed E-state index contributed by atoms with van der Waals surface area (Å²) in [6.07, 6.45) is 4.71. The predicted octanol–water partition coefficient (Wildman–Crippen LogP) is 0.466. The molecular formula is C12H17N3O2. The first-order valence-electron chi connectivity index (χ1n) is 5.88. The SMILES string of the molecule is Cn1cc(NC(=O)[C@H]2CCCCN2)ccc1=O. The molecule has 5 nitrogen and oxygen atoms in total. The predicted molar refractivity (Wildman–Crippen MR) is 66.0 cm³/mol. The third-order valence-electron chi connectivity index (χ3n) is 2.98. The quantitative estimate of drug-likeness (QED) is 0.783. The van der Waals surface area contributed by atoms with Gasteiger partial charge in [0.15, 0.2) is 0 Å². The molecule has 0 bridgehead atoms. The van der Waals surface area contributed by atoms with Crippen molar-refractivity contribution < 1.29 is 4.79 Å². The molecule has 1 fully saturated rings. The summed E-state index contributed by atoms with van der Waals surface area (Å²) >= 11 is 0. The van der Waals surface area contributed by atoms with Crippen LogP contribution in [0.15, 0.2) is 23.1 Å². The highest BCUT2D eigenvalue weighted by molar-refractivity contribution is 5.94. The molecule has 0 unspecified atom stereocenters. The van der Waals surface area contributed by atoms with E-state index in [0.717, 1.165) is 25.8 Å². The second kappa shape index (κ2) is 5.14. The average molecular weight is 235 g/mol. The van der Waals surface area contributed by atoms with Crippen LogP contribution in [0.1, 0.15) is 19.3 Å². The second-order valence-electron chi connectivity index (χ2n) is 4.36. The van der Waals surface area contributed by atoms with E-state index in [1.54, 1.807) is 19.3 Å². The fourth-order valence-corrected chi connectivity index (χ4v) is 1.97. The molecule has 1 amide bonds. The molecule has 5 heteroatoms. The van der Waals surface area contributed by atoms with Gasteiger partial charge in [-0.25, -0.2) is 0 Å². The Labute approximate surface area is 99.8 Å². The summed E-state index contributed by atoms with van der Waals surface area (Å²) in [7, 11) is 1.66. The van der Waals surface area contributed by atoms with Crippen LogP contribution in [0.3, 0.4) is 0 Å². The van der Waals surface area contributed by atoms with Gasteiger partial charge in [-0.15, -0.1) is 0 Å². The maximum absolute atomic E-state index is 11.9. The largest absolute Gasteiger partial charge is 0.323 e. The molecular weight excluding hydrogens is 218 g/mol. The van der Waals surface area contributed by atoms with Gasteiger partial charge in [-0.05, 0) is 25.5 Å². The monoisotopic (exact) mass is 235 g/mol. The molecule has 1 aliphatic rings. The van der Waals surface area contributed by atoms with E-state index in [1.807, 2.05) is 0 Å². The van der Waals surface area contributed by atoms with Crippen molar-refractivity contribution in [2.75, 3.05) is 11.9 Å². The maximum Gasteiger partial charge on any atom is 0.250 e. The topological polar surface area (TPSA) is 63.1 Å². The molecule has 1 atom stereocenters. The van der Waals surface area contributed by atoms with E-state index < -0.39 is 0 Å². The van der Waals surface area contributed by atoms with Crippen molar-refractivity contribution in [3.63, 3.8) is 0 Å². The summed E-state index contributed by atoms with van der Waals surface area (Å²) in [5.41, 5.74) is 0.572. The van der Waals surface area contributed by atoms with E-state index in [2.05, 4.69) is 10.6 Å². The van der Waals surface area contributed by atoms with Crippen molar-refractivity contribution >= 4 is 11.6 Å². The molecule has 17 heavy (non-hydrogen) atoms. The van der Waals surface area contributed by atoms with Gasteiger partial charge in [0, 0.05) is 19.3 Å². The number of nitrogens with zero attached hydrogens (tertiary/aromatic N) is 1. The number of hydrogen-bond donors (Lipinski definition) is 2. The van der Waals surface area contributed by atoms with Crippen molar-refractivity contribution in [1.82, 2.24) is 9.88 Å². The molecule has 1 aliphatic heterocycles. The summed E-state index contributed by atoms with van der Waals surface area (Å²) in [6.45, 7) is 0.894. The van der Waals surface area contributed by atoms with Crippen molar-refractivity contribution in [3.05, 3.63) is 28.7 Å². The Morgan fingerprint density at radius 2 is 2.29 bits per heavy atom. The highest BCUT2D eigenvalue weighted by atomic mass is 16.2. The number of carbonyl (C=O) groups excluding carboxylic acids is 1. The fraction of sp³-hybridized carbons (Fsp3) is 0.500. The lowest BCUT2D eigenvalue weighted by molar-refractivity contribution is -0.118. The Morgan fingerprint density at radius 3 is 2.94 bits per heavy atom. The number of carbonyl (C=O) groups is 1. The molecule has 0 spiro atoms. The average Bonchev–Trinajstić information content (AvgIpc) is 2.35. The highest BCUT2D eigenvalue weighted by Gasteiger charge is 2.20. The zero-order valence-electron chi connectivity index (χ0n) is 9.90. The fourth-order valence-electron chi connectivity index (χ4n) is 1.97. The van der Waals surface area contributed by atoms with Gasteiger partial charge in [0.1, 0.15) is 0 Å². The van der Waals surface area contributed by atoms with Crippen LogP contribution in [0.25, 0.3) is 0 Å². The lowest BCUT2D eigenvalue weighted by Crippen LogP contribution is -2.43. The molecule has 2 rings (SSSR count). The number of anilines is 1. The Bertz CT molecular complexity index is 461. The Morgan fingerprint density at radius 1 is 1.47 bits per heavy atom. The minimum absolute atomic E-state index is 0.0247. The Balaban J connectivity index is 2.02. The van der Waals surface area contributed by atoms with Crippen LogP contribution in [-0.2, 0) is 11.8 Å². The van der Waals surface area contributed by atoms with Crippen LogP contribution in [0, 0.1) is 0 Å². The van der Waals surface area contributed by atoms with Crippen molar-refractivity contribution in [2.45, 2.75) is 25.3 Å². The van der Waals surface area contributed by atoms with Crippen LogP contribution in [-0.4, -0.2) is 23.1 Å².